The van der Waals surface area contributed by atoms with Crippen molar-refractivity contribution in [1.29, 1.82) is 0 Å². The van der Waals surface area contributed by atoms with Crippen molar-refractivity contribution in [2.75, 3.05) is 20.2 Å². The fraction of sp³-hybridized carbons (Fsp3) is 0.462. The van der Waals surface area contributed by atoms with Crippen LogP contribution in [0.3, 0.4) is 0 Å². The van der Waals surface area contributed by atoms with Crippen molar-refractivity contribution in [2.45, 2.75) is 24.8 Å². The number of methoxy groups -OCH3 is 1. The molecule has 0 aliphatic heterocycles. The minimum absolute atomic E-state index is 0.0271. The molecule has 0 bridgehead atoms. The van der Waals surface area contributed by atoms with E-state index in [-0.39, 0.29) is 23.0 Å². The number of hydrogen-bond donors (Lipinski definition) is 2. The van der Waals surface area contributed by atoms with Crippen LogP contribution in [0.1, 0.15) is 24.2 Å². The molecule has 7 heteroatoms. The Morgan fingerprint density at radius 1 is 1.25 bits per heavy atom. The first kappa shape index (κ1) is 16.6. The maximum Gasteiger partial charge on any atom is 0.339 e. The molecule has 0 aromatic heterocycles. The summed E-state index contributed by atoms with van der Waals surface area (Å²) in [7, 11) is -2.52. The number of sulfonamides is 1. The number of hydrogen-bond acceptors (Lipinski definition) is 5. The molecule has 6 nitrogen and oxygen atoms in total. The van der Waals surface area contributed by atoms with E-state index in [9.17, 15) is 13.2 Å². The number of benzene rings is 1. The third kappa shape index (κ3) is 4.59. The zero-order chi connectivity index (χ0) is 15.2. The van der Waals surface area contributed by atoms with Crippen molar-refractivity contribution < 1.29 is 17.9 Å². The maximum absolute atomic E-state index is 12.2. The van der Waals surface area contributed by atoms with Gasteiger partial charge in [0.1, 0.15) is 0 Å². The molecule has 0 heterocycles. The zero-order valence-corrected chi connectivity index (χ0v) is 12.7. The minimum Gasteiger partial charge on any atom is -0.465 e. The number of rotatable bonds is 7. The normalized spacial score (nSPS) is 11.6. The molecule has 1 rings (SSSR count). The molecule has 1 aromatic carbocycles. The van der Waals surface area contributed by atoms with E-state index in [0.717, 1.165) is 0 Å². The molecule has 2 N–H and O–H groups in total. The Morgan fingerprint density at radius 2 is 1.90 bits per heavy atom. The summed E-state index contributed by atoms with van der Waals surface area (Å²) in [5, 5.41) is 3.10. The number of carbonyl (C=O) groups is 1. The summed E-state index contributed by atoms with van der Waals surface area (Å²) < 4.78 is 31.4. The molecule has 0 fully saturated rings. The highest BCUT2D eigenvalue weighted by Crippen LogP contribution is 2.15. The number of carbonyl (C=O) groups excluding carboxylic acids is 1. The average Bonchev–Trinajstić information content (AvgIpc) is 2.42. The molecule has 0 atom stereocenters. The van der Waals surface area contributed by atoms with Crippen molar-refractivity contribution >= 4 is 16.0 Å². The molecule has 0 aliphatic rings. The summed E-state index contributed by atoms with van der Waals surface area (Å²) in [5.41, 5.74) is 0.0271. The number of nitrogens with one attached hydrogen (secondary N) is 2. The van der Waals surface area contributed by atoms with Crippen LogP contribution in [0.5, 0.6) is 0 Å². The summed E-state index contributed by atoms with van der Waals surface area (Å²) in [4.78, 5) is 11.5. The minimum atomic E-state index is -3.73. The molecule has 1 aromatic rings. The van der Waals surface area contributed by atoms with Gasteiger partial charge in [-0.3, -0.25) is 0 Å². The predicted octanol–water partition coefficient (Wildman–Crippen LogP) is 0.749. The van der Waals surface area contributed by atoms with Crippen LogP contribution in [0.25, 0.3) is 0 Å². The van der Waals surface area contributed by atoms with Gasteiger partial charge in [-0.25, -0.2) is 17.9 Å². The quantitative estimate of drug-likeness (QED) is 0.573. The van der Waals surface area contributed by atoms with Crippen LogP contribution in [-0.4, -0.2) is 40.6 Å². The van der Waals surface area contributed by atoms with Crippen LogP contribution in [0.4, 0.5) is 0 Å². The fourth-order valence-electron chi connectivity index (χ4n) is 1.60. The lowest BCUT2D eigenvalue weighted by atomic mass is 10.2. The Kier molecular flexibility index (Phi) is 6.12. The number of esters is 1. The third-order valence-electron chi connectivity index (χ3n) is 2.55. The van der Waals surface area contributed by atoms with E-state index in [1.54, 1.807) is 12.1 Å². The van der Waals surface area contributed by atoms with Crippen molar-refractivity contribution in [3.63, 3.8) is 0 Å². The van der Waals surface area contributed by atoms with Crippen LogP contribution in [-0.2, 0) is 14.8 Å². The van der Waals surface area contributed by atoms with Gasteiger partial charge in [-0.1, -0.05) is 26.0 Å². The molecular weight excluding hydrogens is 280 g/mol. The van der Waals surface area contributed by atoms with Crippen LogP contribution < -0.4 is 10.0 Å². The molecule has 0 saturated carbocycles. The van der Waals surface area contributed by atoms with Crippen LogP contribution in [0.15, 0.2) is 29.2 Å². The second-order valence-corrected chi connectivity index (χ2v) is 6.23. The standard InChI is InChI=1S/C13H20N2O4S/c1-10(2)14-8-9-15-20(17,18)12-7-5-4-6-11(12)13(16)19-3/h4-7,10,14-15H,8-9H2,1-3H3. The van der Waals surface area contributed by atoms with Crippen molar-refractivity contribution in [3.05, 3.63) is 29.8 Å². The van der Waals surface area contributed by atoms with Crippen LogP contribution in [0.2, 0.25) is 0 Å². The monoisotopic (exact) mass is 300 g/mol. The van der Waals surface area contributed by atoms with Gasteiger partial charge < -0.3 is 10.1 Å². The summed E-state index contributed by atoms with van der Waals surface area (Å²) >= 11 is 0. The van der Waals surface area contributed by atoms with Gasteiger partial charge in [0.05, 0.1) is 17.6 Å². The number of ether oxygens (including phenoxy) is 1. The highest BCUT2D eigenvalue weighted by Gasteiger charge is 2.21. The van der Waals surface area contributed by atoms with E-state index in [0.29, 0.717) is 6.54 Å². The van der Waals surface area contributed by atoms with E-state index in [2.05, 4.69) is 14.8 Å². The fourth-order valence-corrected chi connectivity index (χ4v) is 2.83. The second-order valence-electron chi connectivity index (χ2n) is 4.49. The summed E-state index contributed by atoms with van der Waals surface area (Å²) in [6, 6.07) is 6.23. The maximum atomic E-state index is 12.2. The van der Waals surface area contributed by atoms with Gasteiger partial charge in [-0.05, 0) is 12.1 Å². The summed E-state index contributed by atoms with van der Waals surface area (Å²) in [5.74, 6) is -0.675. The van der Waals surface area contributed by atoms with E-state index < -0.39 is 16.0 Å². The lowest BCUT2D eigenvalue weighted by molar-refractivity contribution is 0.0596. The van der Waals surface area contributed by atoms with Gasteiger partial charge in [0, 0.05) is 19.1 Å². The highest BCUT2D eigenvalue weighted by atomic mass is 32.2. The predicted molar refractivity (Wildman–Crippen MR) is 76.1 cm³/mol. The van der Waals surface area contributed by atoms with Gasteiger partial charge in [-0.2, -0.15) is 0 Å². The topological polar surface area (TPSA) is 84.5 Å². The second kappa shape index (κ2) is 7.37. The van der Waals surface area contributed by atoms with E-state index in [1.165, 1.54) is 19.2 Å². The average molecular weight is 300 g/mol. The van der Waals surface area contributed by atoms with Crippen LogP contribution >= 0.6 is 0 Å². The lowest BCUT2D eigenvalue weighted by Gasteiger charge is -2.11. The molecule has 0 aliphatic carbocycles. The third-order valence-corrected chi connectivity index (χ3v) is 4.07. The van der Waals surface area contributed by atoms with Crippen molar-refractivity contribution in [3.8, 4) is 0 Å². The van der Waals surface area contributed by atoms with Gasteiger partial charge in [0.15, 0.2) is 0 Å². The summed E-state index contributed by atoms with van der Waals surface area (Å²) in [6.07, 6.45) is 0. The zero-order valence-electron chi connectivity index (χ0n) is 11.8. The first-order chi connectivity index (χ1) is 9.38. The van der Waals surface area contributed by atoms with Crippen LogP contribution in [0, 0.1) is 0 Å². The Hall–Kier alpha value is -1.44. The molecular formula is C13H20N2O4S. The Labute approximate surface area is 119 Å². The molecule has 0 radical (unpaired) electrons. The first-order valence-electron chi connectivity index (χ1n) is 6.29. The van der Waals surface area contributed by atoms with Gasteiger partial charge >= 0.3 is 5.97 Å². The molecule has 0 amide bonds. The van der Waals surface area contributed by atoms with E-state index >= 15 is 0 Å². The largest absolute Gasteiger partial charge is 0.465 e. The van der Waals surface area contributed by atoms with Crippen molar-refractivity contribution in [2.24, 2.45) is 0 Å². The van der Waals surface area contributed by atoms with Gasteiger partial charge in [-0.15, -0.1) is 0 Å². The van der Waals surface area contributed by atoms with E-state index in [4.69, 9.17) is 0 Å². The SMILES string of the molecule is COC(=O)c1ccccc1S(=O)(=O)NCCNC(C)C. The first-order valence-corrected chi connectivity index (χ1v) is 7.77. The smallest absolute Gasteiger partial charge is 0.339 e. The van der Waals surface area contributed by atoms with Gasteiger partial charge in [0.25, 0.3) is 0 Å². The highest BCUT2D eigenvalue weighted by molar-refractivity contribution is 7.89. The van der Waals surface area contributed by atoms with Gasteiger partial charge in [0.2, 0.25) is 10.0 Å². The Morgan fingerprint density at radius 3 is 2.50 bits per heavy atom. The Balaban J connectivity index is 2.85. The molecule has 0 unspecified atom stereocenters. The Bertz CT molecular complexity index is 555. The molecule has 0 saturated heterocycles. The molecule has 112 valence electrons. The summed E-state index contributed by atoms with van der Waals surface area (Å²) in [6.45, 7) is 4.70. The molecule has 0 spiro atoms. The van der Waals surface area contributed by atoms with E-state index in [1.807, 2.05) is 13.8 Å². The molecule has 20 heavy (non-hydrogen) atoms. The lowest BCUT2D eigenvalue weighted by Crippen LogP contribution is -2.35. The van der Waals surface area contributed by atoms with Crippen molar-refractivity contribution in [1.82, 2.24) is 10.0 Å².